The van der Waals surface area contributed by atoms with Crippen molar-refractivity contribution in [1.82, 2.24) is 5.32 Å². The van der Waals surface area contributed by atoms with E-state index in [0.29, 0.717) is 49.0 Å². The maximum Gasteiger partial charge on any atom is 0.256 e. The van der Waals surface area contributed by atoms with Crippen LogP contribution in [0, 0.1) is 17.2 Å². The number of carbonyl (C=O) groups is 1. The fourth-order valence-corrected chi connectivity index (χ4v) is 3.33. The fraction of sp³-hybridized carbons (Fsp3) is 0.529. The molecular formula is C17H20N2O3. The molecule has 5 heteroatoms. The Morgan fingerprint density at radius 1 is 1.41 bits per heavy atom. The van der Waals surface area contributed by atoms with Crippen LogP contribution in [0.4, 0.5) is 0 Å². The highest BCUT2D eigenvalue weighted by Crippen LogP contribution is 2.35. The van der Waals surface area contributed by atoms with Crippen LogP contribution in [0.5, 0.6) is 11.5 Å². The molecule has 1 saturated carbocycles. The normalized spacial score (nSPS) is 26.8. The number of rotatable bonds is 2. The van der Waals surface area contributed by atoms with Crippen molar-refractivity contribution in [2.75, 3.05) is 13.2 Å². The van der Waals surface area contributed by atoms with Gasteiger partial charge >= 0.3 is 0 Å². The minimum absolute atomic E-state index is 0.266. The van der Waals surface area contributed by atoms with Crippen LogP contribution in [0.15, 0.2) is 18.2 Å². The Balaban J connectivity index is 1.84. The molecule has 22 heavy (non-hydrogen) atoms. The van der Waals surface area contributed by atoms with E-state index < -0.39 is 5.54 Å². The van der Waals surface area contributed by atoms with E-state index in [1.807, 2.05) is 0 Å². The van der Waals surface area contributed by atoms with E-state index in [1.165, 1.54) is 0 Å². The average Bonchev–Trinajstić information content (AvgIpc) is 2.54. The Hall–Kier alpha value is -2.22. The highest BCUT2D eigenvalue weighted by molar-refractivity contribution is 5.98. The van der Waals surface area contributed by atoms with Crippen LogP contribution in [-0.2, 0) is 0 Å². The van der Waals surface area contributed by atoms with Crippen LogP contribution in [0.2, 0.25) is 0 Å². The van der Waals surface area contributed by atoms with E-state index in [-0.39, 0.29) is 5.91 Å². The number of carbonyl (C=O) groups excluding carboxylic acids is 1. The topological polar surface area (TPSA) is 71.4 Å². The van der Waals surface area contributed by atoms with E-state index in [1.54, 1.807) is 18.2 Å². The van der Waals surface area contributed by atoms with Crippen LogP contribution in [0.25, 0.3) is 0 Å². The van der Waals surface area contributed by atoms with Gasteiger partial charge in [-0.25, -0.2) is 0 Å². The van der Waals surface area contributed by atoms with Gasteiger partial charge in [-0.05, 0) is 37.3 Å². The zero-order chi connectivity index (χ0) is 15.6. The molecule has 1 N–H and O–H groups in total. The predicted molar refractivity (Wildman–Crippen MR) is 80.9 cm³/mol. The fourth-order valence-electron chi connectivity index (χ4n) is 3.33. The van der Waals surface area contributed by atoms with E-state index in [4.69, 9.17) is 9.47 Å². The Labute approximate surface area is 130 Å². The third-order valence-electron chi connectivity index (χ3n) is 4.38. The molecular weight excluding hydrogens is 280 g/mol. The van der Waals surface area contributed by atoms with Crippen LogP contribution in [0.1, 0.15) is 43.0 Å². The van der Waals surface area contributed by atoms with Gasteiger partial charge in [0.25, 0.3) is 5.91 Å². The minimum Gasteiger partial charge on any atom is -0.486 e. The van der Waals surface area contributed by atoms with Gasteiger partial charge in [0.2, 0.25) is 0 Å². The molecule has 1 aromatic rings. The molecule has 0 aromatic heterocycles. The van der Waals surface area contributed by atoms with Gasteiger partial charge in [-0.2, -0.15) is 5.26 Å². The second kappa shape index (κ2) is 5.88. The summed E-state index contributed by atoms with van der Waals surface area (Å²) in [5.74, 6) is 1.24. The highest BCUT2D eigenvalue weighted by atomic mass is 16.6. The monoisotopic (exact) mass is 300 g/mol. The molecule has 2 aliphatic rings. The molecule has 1 heterocycles. The smallest absolute Gasteiger partial charge is 0.256 e. The molecule has 0 spiro atoms. The number of amides is 1. The summed E-state index contributed by atoms with van der Waals surface area (Å²) >= 11 is 0. The second-order valence-electron chi connectivity index (χ2n) is 6.18. The lowest BCUT2D eigenvalue weighted by molar-refractivity contribution is 0.0880. The summed E-state index contributed by atoms with van der Waals surface area (Å²) in [5.41, 5.74) is -0.336. The largest absolute Gasteiger partial charge is 0.486 e. The molecule has 0 unspecified atom stereocenters. The first-order chi connectivity index (χ1) is 10.6. The average molecular weight is 300 g/mol. The summed E-state index contributed by atoms with van der Waals surface area (Å²) in [6.07, 6.45) is 3.46. The van der Waals surface area contributed by atoms with Crippen molar-refractivity contribution in [3.05, 3.63) is 23.8 Å². The first kappa shape index (κ1) is 14.7. The zero-order valence-electron chi connectivity index (χ0n) is 12.7. The van der Waals surface area contributed by atoms with Crippen LogP contribution in [-0.4, -0.2) is 24.7 Å². The molecule has 116 valence electrons. The Morgan fingerprint density at radius 2 is 2.23 bits per heavy atom. The molecule has 0 saturated heterocycles. The van der Waals surface area contributed by atoms with Gasteiger partial charge in [0.15, 0.2) is 11.5 Å². The molecule has 3 rings (SSSR count). The van der Waals surface area contributed by atoms with Crippen molar-refractivity contribution in [3.63, 3.8) is 0 Å². The SMILES string of the molecule is C[C@@H]1CCC[C@](C#N)(NC(=O)c2cccc3c2OCCO3)C1. The molecule has 2 atom stereocenters. The third kappa shape index (κ3) is 2.74. The van der Waals surface area contributed by atoms with Gasteiger partial charge in [-0.3, -0.25) is 4.79 Å². The summed E-state index contributed by atoms with van der Waals surface area (Å²) in [7, 11) is 0. The standard InChI is InChI=1S/C17H20N2O3/c1-12-4-3-7-17(10-12,11-18)19-16(20)13-5-2-6-14-15(13)22-9-8-21-14/h2,5-6,12H,3-4,7-10H2,1H3,(H,19,20)/t12-,17+/m1/s1. The maximum atomic E-state index is 12.7. The highest BCUT2D eigenvalue weighted by Gasteiger charge is 2.37. The van der Waals surface area contributed by atoms with Crippen molar-refractivity contribution >= 4 is 5.91 Å². The summed E-state index contributed by atoms with van der Waals surface area (Å²) in [6.45, 7) is 3.04. The molecule has 1 amide bonds. The summed E-state index contributed by atoms with van der Waals surface area (Å²) in [5, 5.41) is 12.5. The number of para-hydroxylation sites is 1. The number of nitrogens with one attached hydrogen (secondary N) is 1. The van der Waals surface area contributed by atoms with Crippen LogP contribution >= 0.6 is 0 Å². The van der Waals surface area contributed by atoms with Crippen molar-refractivity contribution in [1.29, 1.82) is 5.26 Å². The van der Waals surface area contributed by atoms with Gasteiger partial charge in [0.05, 0.1) is 11.6 Å². The lowest BCUT2D eigenvalue weighted by Crippen LogP contribution is -2.50. The number of nitrogens with zero attached hydrogens (tertiary/aromatic N) is 1. The lowest BCUT2D eigenvalue weighted by atomic mass is 9.77. The lowest BCUT2D eigenvalue weighted by Gasteiger charge is -2.35. The van der Waals surface area contributed by atoms with Crippen LogP contribution < -0.4 is 14.8 Å². The van der Waals surface area contributed by atoms with E-state index >= 15 is 0 Å². The molecule has 1 fully saturated rings. The molecule has 1 aliphatic heterocycles. The summed E-state index contributed by atoms with van der Waals surface area (Å²) in [6, 6.07) is 7.59. The Kier molecular flexibility index (Phi) is 3.93. The first-order valence-electron chi connectivity index (χ1n) is 7.76. The van der Waals surface area contributed by atoms with Crippen molar-refractivity contribution in [3.8, 4) is 17.6 Å². The number of fused-ring (bicyclic) bond motifs is 1. The predicted octanol–water partition coefficient (Wildman–Crippen LogP) is 2.66. The molecule has 0 radical (unpaired) electrons. The van der Waals surface area contributed by atoms with E-state index in [0.717, 1.165) is 12.8 Å². The van der Waals surface area contributed by atoms with Gasteiger partial charge in [0, 0.05) is 0 Å². The van der Waals surface area contributed by atoms with E-state index in [2.05, 4.69) is 18.3 Å². The summed E-state index contributed by atoms with van der Waals surface area (Å²) < 4.78 is 11.1. The number of ether oxygens (including phenoxy) is 2. The van der Waals surface area contributed by atoms with Gasteiger partial charge < -0.3 is 14.8 Å². The molecule has 1 aromatic carbocycles. The van der Waals surface area contributed by atoms with Crippen molar-refractivity contribution < 1.29 is 14.3 Å². The second-order valence-corrected chi connectivity index (χ2v) is 6.18. The van der Waals surface area contributed by atoms with E-state index in [9.17, 15) is 10.1 Å². The number of hydrogen-bond donors (Lipinski definition) is 1. The van der Waals surface area contributed by atoms with Crippen molar-refractivity contribution in [2.24, 2.45) is 5.92 Å². The van der Waals surface area contributed by atoms with Gasteiger partial charge in [0.1, 0.15) is 18.8 Å². The van der Waals surface area contributed by atoms with Crippen LogP contribution in [0.3, 0.4) is 0 Å². The number of nitriles is 1. The molecule has 0 bridgehead atoms. The molecule has 1 aliphatic carbocycles. The van der Waals surface area contributed by atoms with Crippen molar-refractivity contribution in [2.45, 2.75) is 38.1 Å². The third-order valence-corrected chi connectivity index (χ3v) is 4.38. The Morgan fingerprint density at radius 3 is 3.00 bits per heavy atom. The molecule has 5 nitrogen and oxygen atoms in total. The minimum atomic E-state index is -0.771. The number of hydrogen-bond acceptors (Lipinski definition) is 4. The quantitative estimate of drug-likeness (QED) is 0.911. The summed E-state index contributed by atoms with van der Waals surface area (Å²) in [4.78, 5) is 12.7. The number of benzene rings is 1. The van der Waals surface area contributed by atoms with Gasteiger partial charge in [-0.15, -0.1) is 0 Å². The Bertz CT molecular complexity index is 623. The van der Waals surface area contributed by atoms with Gasteiger partial charge in [-0.1, -0.05) is 19.4 Å². The zero-order valence-corrected chi connectivity index (χ0v) is 12.7. The first-order valence-corrected chi connectivity index (χ1v) is 7.76. The maximum absolute atomic E-state index is 12.7.